The van der Waals surface area contributed by atoms with E-state index in [4.69, 9.17) is 0 Å². The van der Waals surface area contributed by atoms with Crippen LogP contribution in [-0.2, 0) is 0 Å². The fourth-order valence-electron chi connectivity index (χ4n) is 1.03. The molecule has 1 rings (SSSR count). The molecule has 2 nitrogen and oxygen atoms in total. The van der Waals surface area contributed by atoms with Gasteiger partial charge in [-0.15, -0.1) is 23.7 Å². The van der Waals surface area contributed by atoms with E-state index < -0.39 is 0 Å². The molecule has 0 radical (unpaired) electrons. The Morgan fingerprint density at radius 1 is 1.57 bits per heavy atom. The van der Waals surface area contributed by atoms with E-state index in [1.54, 1.807) is 0 Å². The molecule has 0 aromatic carbocycles. The molecule has 0 saturated carbocycles. The van der Waals surface area contributed by atoms with Crippen LogP contribution in [0.2, 0.25) is 0 Å². The van der Waals surface area contributed by atoms with Crippen molar-refractivity contribution in [2.45, 2.75) is 26.3 Å². The molecule has 0 spiro atoms. The van der Waals surface area contributed by atoms with Crippen molar-refractivity contribution in [3.63, 3.8) is 0 Å². The Morgan fingerprint density at radius 3 is 2.79 bits per heavy atom. The lowest BCUT2D eigenvalue weighted by atomic mass is 10.2. The summed E-state index contributed by atoms with van der Waals surface area (Å²) in [5.74, 6) is 0.239. The highest BCUT2D eigenvalue weighted by Gasteiger charge is 2.05. The third-order valence-corrected chi connectivity index (χ3v) is 2.61. The number of carbonyl (C=O) groups is 1. The summed E-state index contributed by atoms with van der Waals surface area (Å²) < 4.78 is 0. The van der Waals surface area contributed by atoms with Crippen molar-refractivity contribution in [1.29, 1.82) is 0 Å². The molecule has 0 saturated heterocycles. The molecule has 1 aromatic heterocycles. The van der Waals surface area contributed by atoms with Crippen LogP contribution in [0.1, 0.15) is 29.9 Å². The molecule has 0 fully saturated rings. The Morgan fingerprint density at radius 2 is 2.29 bits per heavy atom. The lowest BCUT2D eigenvalue weighted by Crippen LogP contribution is -2.25. The van der Waals surface area contributed by atoms with E-state index in [-0.39, 0.29) is 18.2 Å². The van der Waals surface area contributed by atoms with Gasteiger partial charge >= 0.3 is 0 Å². The summed E-state index contributed by atoms with van der Waals surface area (Å²) in [6, 6.07) is 4.24. The Bertz CT molecular complexity index is 259. The van der Waals surface area contributed by atoms with Crippen molar-refractivity contribution in [3.05, 3.63) is 22.4 Å². The molecule has 1 heterocycles. The van der Waals surface area contributed by atoms with Gasteiger partial charge in [0.05, 0.1) is 4.88 Å². The second-order valence-electron chi connectivity index (χ2n) is 3.26. The summed E-state index contributed by atoms with van der Waals surface area (Å²) >= 11 is 1.51. The zero-order valence-electron chi connectivity index (χ0n) is 8.45. The van der Waals surface area contributed by atoms with Gasteiger partial charge < -0.3 is 5.32 Å². The van der Waals surface area contributed by atoms with Crippen LogP contribution in [0.5, 0.6) is 0 Å². The first-order valence-corrected chi connectivity index (χ1v) is 5.38. The van der Waals surface area contributed by atoms with E-state index in [0.29, 0.717) is 12.5 Å². The van der Waals surface area contributed by atoms with Gasteiger partial charge in [0.2, 0.25) is 0 Å². The molecule has 0 atom stereocenters. The fourth-order valence-corrected chi connectivity index (χ4v) is 1.73. The summed E-state index contributed by atoms with van der Waals surface area (Å²) in [6.07, 6.45) is 0.596. The molecule has 80 valence electrons. The summed E-state index contributed by atoms with van der Waals surface area (Å²) in [5.41, 5.74) is 0. The number of thiophene rings is 1. The molecule has 14 heavy (non-hydrogen) atoms. The zero-order valence-corrected chi connectivity index (χ0v) is 10.1. The van der Waals surface area contributed by atoms with E-state index in [1.165, 1.54) is 11.3 Å². The third kappa shape index (κ3) is 4.74. The van der Waals surface area contributed by atoms with Crippen LogP contribution in [0.25, 0.3) is 0 Å². The summed E-state index contributed by atoms with van der Waals surface area (Å²) in [6.45, 7) is 4.93. The molecule has 0 bridgehead atoms. The number of ketones is 1. The van der Waals surface area contributed by atoms with Crippen LogP contribution in [-0.4, -0.2) is 18.4 Å². The lowest BCUT2D eigenvalue weighted by molar-refractivity contribution is 0.0986. The molecular weight excluding hydrogens is 218 g/mol. The molecule has 4 heteroatoms. The van der Waals surface area contributed by atoms with Gasteiger partial charge in [0.15, 0.2) is 5.78 Å². The Hall–Kier alpha value is -0.380. The minimum absolute atomic E-state index is 0. The first-order chi connectivity index (χ1) is 6.20. The molecule has 0 unspecified atom stereocenters. The fraction of sp³-hybridized carbons (Fsp3) is 0.500. The van der Waals surface area contributed by atoms with Crippen LogP contribution < -0.4 is 5.32 Å². The summed E-state index contributed by atoms with van der Waals surface area (Å²) in [4.78, 5) is 12.3. The van der Waals surface area contributed by atoms with Crippen LogP contribution in [0, 0.1) is 0 Å². The SMILES string of the molecule is CC(C)NCCC(=O)c1cccs1.Cl. The van der Waals surface area contributed by atoms with E-state index in [0.717, 1.165) is 11.4 Å². The van der Waals surface area contributed by atoms with Crippen LogP contribution >= 0.6 is 23.7 Å². The Balaban J connectivity index is 0.00000169. The smallest absolute Gasteiger partial charge is 0.174 e. The van der Waals surface area contributed by atoms with Crippen LogP contribution in [0.3, 0.4) is 0 Å². The minimum Gasteiger partial charge on any atom is -0.314 e. The number of carbonyl (C=O) groups excluding carboxylic acids is 1. The van der Waals surface area contributed by atoms with Gasteiger partial charge in [0, 0.05) is 19.0 Å². The van der Waals surface area contributed by atoms with Crippen LogP contribution in [0.4, 0.5) is 0 Å². The monoisotopic (exact) mass is 233 g/mol. The predicted octanol–water partition coefficient (Wildman–Crippen LogP) is 2.74. The van der Waals surface area contributed by atoms with Gasteiger partial charge in [0.25, 0.3) is 0 Å². The van der Waals surface area contributed by atoms with Gasteiger partial charge in [-0.25, -0.2) is 0 Å². The van der Waals surface area contributed by atoms with Gasteiger partial charge in [-0.1, -0.05) is 19.9 Å². The van der Waals surface area contributed by atoms with Gasteiger partial charge in [0.1, 0.15) is 0 Å². The Labute approximate surface area is 95.1 Å². The molecule has 0 aliphatic heterocycles. The van der Waals surface area contributed by atoms with Crippen LogP contribution in [0.15, 0.2) is 17.5 Å². The van der Waals surface area contributed by atoms with E-state index >= 15 is 0 Å². The molecule has 1 aromatic rings. The first kappa shape index (κ1) is 13.6. The van der Waals surface area contributed by atoms with E-state index in [2.05, 4.69) is 19.2 Å². The highest BCUT2D eigenvalue weighted by Crippen LogP contribution is 2.10. The maximum atomic E-state index is 11.5. The standard InChI is InChI=1S/C10H15NOS.ClH/c1-8(2)11-6-5-9(12)10-4-3-7-13-10;/h3-4,7-8,11H,5-6H2,1-2H3;1H. The third-order valence-electron chi connectivity index (χ3n) is 1.70. The van der Waals surface area contributed by atoms with Crippen molar-refractivity contribution in [2.24, 2.45) is 0 Å². The number of nitrogens with one attached hydrogen (secondary N) is 1. The summed E-state index contributed by atoms with van der Waals surface area (Å²) in [7, 11) is 0. The number of rotatable bonds is 5. The van der Waals surface area contributed by atoms with Crippen molar-refractivity contribution >= 4 is 29.5 Å². The highest BCUT2D eigenvalue weighted by atomic mass is 35.5. The lowest BCUT2D eigenvalue weighted by Gasteiger charge is -2.05. The number of hydrogen-bond donors (Lipinski definition) is 1. The summed E-state index contributed by atoms with van der Waals surface area (Å²) in [5, 5.41) is 5.16. The minimum atomic E-state index is 0. The van der Waals surface area contributed by atoms with E-state index in [9.17, 15) is 4.79 Å². The quantitative estimate of drug-likeness (QED) is 0.793. The zero-order chi connectivity index (χ0) is 9.68. The van der Waals surface area contributed by atoms with Crippen molar-refractivity contribution in [2.75, 3.05) is 6.54 Å². The Kier molecular flexibility index (Phi) is 6.79. The highest BCUT2D eigenvalue weighted by molar-refractivity contribution is 7.12. The maximum absolute atomic E-state index is 11.5. The largest absolute Gasteiger partial charge is 0.314 e. The van der Waals surface area contributed by atoms with E-state index in [1.807, 2.05) is 17.5 Å². The van der Waals surface area contributed by atoms with Gasteiger partial charge in [-0.3, -0.25) is 4.79 Å². The number of Topliss-reactive ketones (excluding diaryl/α,β-unsaturated/α-hetero) is 1. The van der Waals surface area contributed by atoms with Crippen molar-refractivity contribution in [1.82, 2.24) is 5.32 Å². The molecule has 1 N–H and O–H groups in total. The molecule has 0 amide bonds. The molecule has 0 aliphatic carbocycles. The topological polar surface area (TPSA) is 29.1 Å². The number of hydrogen-bond acceptors (Lipinski definition) is 3. The number of halogens is 1. The molecular formula is C10H16ClNOS. The van der Waals surface area contributed by atoms with Crippen molar-refractivity contribution < 1.29 is 4.79 Å². The first-order valence-electron chi connectivity index (χ1n) is 4.50. The van der Waals surface area contributed by atoms with Gasteiger partial charge in [-0.2, -0.15) is 0 Å². The second-order valence-corrected chi connectivity index (χ2v) is 4.21. The predicted molar refractivity (Wildman–Crippen MR) is 63.7 cm³/mol. The van der Waals surface area contributed by atoms with Gasteiger partial charge in [-0.05, 0) is 11.4 Å². The maximum Gasteiger partial charge on any atom is 0.174 e. The molecule has 0 aliphatic rings. The normalized spacial score (nSPS) is 9.93. The second kappa shape index (κ2) is 6.98. The average Bonchev–Trinajstić information content (AvgIpc) is 2.55. The average molecular weight is 234 g/mol. The van der Waals surface area contributed by atoms with Crippen molar-refractivity contribution in [3.8, 4) is 0 Å².